The van der Waals surface area contributed by atoms with Crippen molar-refractivity contribution < 1.29 is 0 Å². The van der Waals surface area contributed by atoms with Crippen molar-refractivity contribution in [1.29, 1.82) is 0 Å². The van der Waals surface area contributed by atoms with E-state index in [9.17, 15) is 0 Å². The van der Waals surface area contributed by atoms with Gasteiger partial charge in [-0.1, -0.05) is 0 Å². The Bertz CT molecular complexity index is 477. The van der Waals surface area contributed by atoms with Crippen molar-refractivity contribution in [1.82, 2.24) is 20.4 Å². The smallest absolute Gasteiger partial charge is 0.191 e. The van der Waals surface area contributed by atoms with Gasteiger partial charge in [-0.25, -0.2) is 0 Å². The maximum absolute atomic E-state index is 4.71. The molecule has 2 atom stereocenters. The number of nitrogens with one attached hydrogen (secondary N) is 2. The number of aliphatic imine (C=N–C) groups is 1. The zero-order chi connectivity index (χ0) is 15.8. The van der Waals surface area contributed by atoms with E-state index >= 15 is 0 Å². The van der Waals surface area contributed by atoms with Crippen LogP contribution in [-0.2, 0) is 13.5 Å². The quantitative estimate of drug-likeness (QED) is 0.290. The van der Waals surface area contributed by atoms with Crippen LogP contribution in [0.1, 0.15) is 38.2 Å². The van der Waals surface area contributed by atoms with E-state index < -0.39 is 0 Å². The lowest BCUT2D eigenvalue weighted by molar-refractivity contribution is 0.614. The number of nitrogens with zero attached hydrogens (tertiary/aromatic N) is 3. The lowest BCUT2D eigenvalue weighted by Crippen LogP contribution is -2.42. The Kier molecular flexibility index (Phi) is 10.0. The molecule has 0 bridgehead atoms. The number of guanidine groups is 1. The maximum Gasteiger partial charge on any atom is 0.191 e. The summed E-state index contributed by atoms with van der Waals surface area (Å²) in [5.41, 5.74) is 1.29. The van der Waals surface area contributed by atoms with Crippen molar-refractivity contribution in [2.75, 3.05) is 19.3 Å². The maximum atomic E-state index is 4.71. The fourth-order valence-corrected chi connectivity index (χ4v) is 3.67. The van der Waals surface area contributed by atoms with Gasteiger partial charge in [0.1, 0.15) is 0 Å². The Labute approximate surface area is 161 Å². The zero-order valence-corrected chi connectivity index (χ0v) is 17.6. The molecule has 0 amide bonds. The van der Waals surface area contributed by atoms with Crippen molar-refractivity contribution >= 4 is 41.7 Å². The molecule has 0 spiro atoms. The van der Waals surface area contributed by atoms with E-state index in [0.29, 0.717) is 6.04 Å². The summed E-state index contributed by atoms with van der Waals surface area (Å²) in [6, 6.07) is 0.577. The molecule has 2 rings (SSSR count). The van der Waals surface area contributed by atoms with Crippen LogP contribution in [0.15, 0.2) is 17.4 Å². The molecule has 1 aliphatic carbocycles. The monoisotopic (exact) mass is 451 g/mol. The number of aryl methyl sites for hydroxylation is 2. The Morgan fingerprint density at radius 3 is 2.91 bits per heavy atom. The third-order valence-electron chi connectivity index (χ3n) is 4.05. The second kappa shape index (κ2) is 11.2. The molecule has 1 fully saturated rings. The number of aromatic nitrogens is 2. The van der Waals surface area contributed by atoms with E-state index in [-0.39, 0.29) is 24.0 Å². The summed E-state index contributed by atoms with van der Waals surface area (Å²) in [5, 5.41) is 12.0. The average molecular weight is 451 g/mol. The molecule has 23 heavy (non-hydrogen) atoms. The molecule has 1 saturated carbocycles. The molecule has 0 radical (unpaired) electrons. The van der Waals surface area contributed by atoms with Crippen molar-refractivity contribution in [2.24, 2.45) is 12.0 Å². The van der Waals surface area contributed by atoms with Crippen molar-refractivity contribution in [3.63, 3.8) is 0 Å². The van der Waals surface area contributed by atoms with Gasteiger partial charge in [-0.2, -0.15) is 16.9 Å². The van der Waals surface area contributed by atoms with Gasteiger partial charge in [-0.15, -0.1) is 24.0 Å². The predicted octanol–water partition coefficient (Wildman–Crippen LogP) is 2.81. The molecule has 1 aromatic heterocycles. The molecule has 1 aliphatic rings. The van der Waals surface area contributed by atoms with E-state index in [1.165, 1.54) is 24.8 Å². The number of halogens is 1. The zero-order valence-electron chi connectivity index (χ0n) is 14.4. The van der Waals surface area contributed by atoms with Gasteiger partial charge in [0.05, 0.1) is 6.20 Å². The van der Waals surface area contributed by atoms with E-state index in [1.54, 1.807) is 0 Å². The number of hydrogen-bond acceptors (Lipinski definition) is 3. The van der Waals surface area contributed by atoms with Gasteiger partial charge in [0.25, 0.3) is 0 Å². The lowest BCUT2D eigenvalue weighted by Gasteiger charge is -2.17. The van der Waals surface area contributed by atoms with Crippen LogP contribution < -0.4 is 10.6 Å². The normalized spacial score (nSPS) is 21.1. The van der Waals surface area contributed by atoms with E-state index in [4.69, 9.17) is 4.99 Å². The van der Waals surface area contributed by atoms with Crippen LogP contribution in [0.4, 0.5) is 0 Å². The second-order valence-electron chi connectivity index (χ2n) is 5.90. The minimum absolute atomic E-state index is 0. The van der Waals surface area contributed by atoms with Crippen LogP contribution in [0.3, 0.4) is 0 Å². The SMILES string of the molecule is CCNC(=NCCCc1cnn(C)c1)NC1CCC(SC)C1.I. The summed E-state index contributed by atoms with van der Waals surface area (Å²) in [5.74, 6) is 0.973. The van der Waals surface area contributed by atoms with Gasteiger partial charge in [0, 0.05) is 37.6 Å². The van der Waals surface area contributed by atoms with Crippen LogP contribution in [0, 0.1) is 0 Å². The molecule has 5 nitrogen and oxygen atoms in total. The first-order chi connectivity index (χ1) is 10.7. The van der Waals surface area contributed by atoms with E-state index in [2.05, 4.69) is 35.1 Å². The summed E-state index contributed by atoms with van der Waals surface area (Å²) >= 11 is 1.99. The highest BCUT2D eigenvalue weighted by atomic mass is 127. The fraction of sp³-hybridized carbons (Fsp3) is 0.750. The molecule has 0 saturated heterocycles. The summed E-state index contributed by atoms with van der Waals surface area (Å²) in [6.45, 7) is 3.88. The molecule has 132 valence electrons. The molecular formula is C16H30IN5S. The average Bonchev–Trinajstić information content (AvgIpc) is 3.12. The Morgan fingerprint density at radius 1 is 1.48 bits per heavy atom. The van der Waals surface area contributed by atoms with E-state index in [0.717, 1.165) is 37.1 Å². The first kappa shape index (κ1) is 20.6. The Hall–Kier alpha value is -0.440. The Morgan fingerprint density at radius 2 is 2.30 bits per heavy atom. The first-order valence-electron chi connectivity index (χ1n) is 8.26. The molecule has 0 aliphatic heterocycles. The molecule has 0 aromatic carbocycles. The van der Waals surface area contributed by atoms with Crippen molar-refractivity contribution in [2.45, 2.75) is 50.3 Å². The summed E-state index contributed by atoms with van der Waals surface area (Å²) < 4.78 is 1.85. The Balaban J connectivity index is 0.00000264. The van der Waals surface area contributed by atoms with Crippen LogP contribution in [-0.4, -0.2) is 46.4 Å². The molecule has 7 heteroatoms. The lowest BCUT2D eigenvalue weighted by atomic mass is 10.2. The van der Waals surface area contributed by atoms with Crippen LogP contribution >= 0.6 is 35.7 Å². The minimum Gasteiger partial charge on any atom is -0.357 e. The van der Waals surface area contributed by atoms with Gasteiger partial charge in [0.2, 0.25) is 0 Å². The highest BCUT2D eigenvalue weighted by Crippen LogP contribution is 2.27. The molecule has 1 heterocycles. The number of rotatable bonds is 7. The number of hydrogen-bond donors (Lipinski definition) is 2. The van der Waals surface area contributed by atoms with Gasteiger partial charge in [-0.3, -0.25) is 9.67 Å². The summed E-state index contributed by atoms with van der Waals surface area (Å²) in [7, 11) is 1.96. The third kappa shape index (κ3) is 7.32. The van der Waals surface area contributed by atoms with Crippen LogP contribution in [0.25, 0.3) is 0 Å². The molecule has 2 N–H and O–H groups in total. The fourth-order valence-electron chi connectivity index (χ4n) is 2.87. The van der Waals surface area contributed by atoms with Crippen molar-refractivity contribution in [3.05, 3.63) is 18.0 Å². The van der Waals surface area contributed by atoms with Gasteiger partial charge < -0.3 is 10.6 Å². The van der Waals surface area contributed by atoms with Gasteiger partial charge >= 0.3 is 0 Å². The van der Waals surface area contributed by atoms with Crippen LogP contribution in [0.2, 0.25) is 0 Å². The third-order valence-corrected chi connectivity index (χ3v) is 5.15. The summed E-state index contributed by atoms with van der Waals surface area (Å²) in [6.07, 6.45) is 12.1. The minimum atomic E-state index is 0. The molecular weight excluding hydrogens is 421 g/mol. The predicted molar refractivity (Wildman–Crippen MR) is 111 cm³/mol. The topological polar surface area (TPSA) is 54.2 Å². The van der Waals surface area contributed by atoms with Gasteiger partial charge in [-0.05, 0) is 50.8 Å². The standard InChI is InChI=1S/C16H29N5S.HI/c1-4-17-16(20-14-7-8-15(10-14)22-3)18-9-5-6-13-11-19-21(2)12-13;/h11-12,14-15H,4-10H2,1-3H3,(H2,17,18,20);1H. The van der Waals surface area contributed by atoms with Crippen LogP contribution in [0.5, 0.6) is 0 Å². The largest absolute Gasteiger partial charge is 0.357 e. The highest BCUT2D eigenvalue weighted by Gasteiger charge is 2.24. The second-order valence-corrected chi connectivity index (χ2v) is 7.04. The molecule has 2 unspecified atom stereocenters. The van der Waals surface area contributed by atoms with Crippen molar-refractivity contribution in [3.8, 4) is 0 Å². The van der Waals surface area contributed by atoms with E-state index in [1.807, 2.05) is 29.7 Å². The van der Waals surface area contributed by atoms with Gasteiger partial charge in [0.15, 0.2) is 5.96 Å². The highest BCUT2D eigenvalue weighted by molar-refractivity contribution is 14.0. The number of thioether (sulfide) groups is 1. The first-order valence-corrected chi connectivity index (χ1v) is 9.55. The molecule has 1 aromatic rings. The summed E-state index contributed by atoms with van der Waals surface area (Å²) in [4.78, 5) is 4.71.